The molecule has 1 aromatic rings. The maximum Gasteiger partial charge on any atom is 0.126 e. The van der Waals surface area contributed by atoms with E-state index in [9.17, 15) is 8.78 Å². The van der Waals surface area contributed by atoms with Gasteiger partial charge in [0.2, 0.25) is 0 Å². The van der Waals surface area contributed by atoms with E-state index in [1.807, 2.05) is 20.8 Å². The van der Waals surface area contributed by atoms with Crippen molar-refractivity contribution in [2.45, 2.75) is 38.8 Å². The minimum atomic E-state index is -0.553. The molecule has 1 N–H and O–H groups in total. The molecule has 2 nitrogen and oxygen atoms in total. The lowest BCUT2D eigenvalue weighted by Gasteiger charge is -2.29. The molecule has 102 valence electrons. The number of ether oxygens (including phenoxy) is 1. The third-order valence-corrected chi connectivity index (χ3v) is 2.99. The molecule has 0 heterocycles. The lowest BCUT2D eigenvalue weighted by atomic mass is 9.93. The highest BCUT2D eigenvalue weighted by atomic mass is 19.1. The highest BCUT2D eigenvalue weighted by molar-refractivity contribution is 5.22. The van der Waals surface area contributed by atoms with Gasteiger partial charge in [-0.1, -0.05) is 6.92 Å². The fourth-order valence-corrected chi connectivity index (χ4v) is 1.91. The number of hydrogen-bond donors (Lipinski definition) is 1. The van der Waals surface area contributed by atoms with Crippen molar-refractivity contribution in [3.63, 3.8) is 0 Å². The van der Waals surface area contributed by atoms with Gasteiger partial charge in [0.1, 0.15) is 11.6 Å². The largest absolute Gasteiger partial charge is 0.379 e. The summed E-state index contributed by atoms with van der Waals surface area (Å²) in [6, 6.07) is 3.48. The number of nitrogens with one attached hydrogen (secondary N) is 1. The zero-order valence-electron chi connectivity index (χ0n) is 11.4. The van der Waals surface area contributed by atoms with Crippen LogP contribution in [0.4, 0.5) is 8.78 Å². The van der Waals surface area contributed by atoms with Crippen LogP contribution in [0.3, 0.4) is 0 Å². The van der Waals surface area contributed by atoms with Gasteiger partial charge in [0, 0.05) is 19.2 Å². The summed E-state index contributed by atoms with van der Waals surface area (Å²) in [7, 11) is 1.63. The summed E-state index contributed by atoms with van der Waals surface area (Å²) in [5, 5.41) is 3.23. The first-order valence-electron chi connectivity index (χ1n) is 6.12. The highest BCUT2D eigenvalue weighted by Gasteiger charge is 2.24. The maximum atomic E-state index is 13.2. The van der Waals surface area contributed by atoms with Gasteiger partial charge in [-0.2, -0.15) is 0 Å². The summed E-state index contributed by atoms with van der Waals surface area (Å²) in [5.74, 6) is -1.11. The highest BCUT2D eigenvalue weighted by Crippen LogP contribution is 2.27. The molecule has 0 fully saturated rings. The normalized spacial score (nSPS) is 13.7. The van der Waals surface area contributed by atoms with Gasteiger partial charge >= 0.3 is 0 Å². The van der Waals surface area contributed by atoms with E-state index in [0.717, 1.165) is 12.6 Å². The maximum absolute atomic E-state index is 13.2. The van der Waals surface area contributed by atoms with Crippen molar-refractivity contribution in [1.29, 1.82) is 0 Å². The van der Waals surface area contributed by atoms with Gasteiger partial charge in [-0.25, -0.2) is 8.78 Å². The van der Waals surface area contributed by atoms with Gasteiger partial charge in [0.15, 0.2) is 0 Å². The SMILES string of the molecule is CCNC(CC(C)(C)OC)c1cc(F)cc(F)c1. The summed E-state index contributed by atoms with van der Waals surface area (Å²) in [4.78, 5) is 0. The molecule has 0 aromatic heterocycles. The van der Waals surface area contributed by atoms with Gasteiger partial charge in [0.05, 0.1) is 5.60 Å². The third-order valence-electron chi connectivity index (χ3n) is 2.99. The zero-order valence-corrected chi connectivity index (χ0v) is 11.4. The molecular weight excluding hydrogens is 236 g/mol. The van der Waals surface area contributed by atoms with E-state index >= 15 is 0 Å². The van der Waals surface area contributed by atoms with Crippen LogP contribution in [-0.2, 0) is 4.74 Å². The molecule has 1 atom stereocenters. The van der Waals surface area contributed by atoms with Crippen molar-refractivity contribution in [3.8, 4) is 0 Å². The number of rotatable bonds is 6. The average molecular weight is 257 g/mol. The molecule has 0 saturated carbocycles. The Hall–Kier alpha value is -1.00. The van der Waals surface area contributed by atoms with Crippen molar-refractivity contribution >= 4 is 0 Å². The standard InChI is InChI=1S/C14H21F2NO/c1-5-17-13(9-14(2,3)18-4)10-6-11(15)8-12(16)7-10/h6-8,13,17H,5,9H2,1-4H3. The lowest BCUT2D eigenvalue weighted by molar-refractivity contribution is 0.00692. The second-order valence-corrected chi connectivity index (χ2v) is 4.98. The van der Waals surface area contributed by atoms with Crippen LogP contribution >= 0.6 is 0 Å². The third kappa shape index (κ3) is 4.35. The average Bonchev–Trinajstić information content (AvgIpc) is 2.27. The second kappa shape index (κ2) is 6.25. The van der Waals surface area contributed by atoms with Crippen LogP contribution in [0.2, 0.25) is 0 Å². The first-order valence-corrected chi connectivity index (χ1v) is 6.12. The van der Waals surface area contributed by atoms with Crippen molar-refractivity contribution in [3.05, 3.63) is 35.4 Å². The molecule has 0 saturated heterocycles. The molecule has 1 aromatic carbocycles. The Morgan fingerprint density at radius 1 is 1.22 bits per heavy atom. The first-order chi connectivity index (χ1) is 8.38. The summed E-state index contributed by atoms with van der Waals surface area (Å²) in [5.41, 5.74) is 0.259. The number of methoxy groups -OCH3 is 1. The number of halogens is 2. The van der Waals surface area contributed by atoms with Gasteiger partial charge in [-0.15, -0.1) is 0 Å². The topological polar surface area (TPSA) is 21.3 Å². The fourth-order valence-electron chi connectivity index (χ4n) is 1.91. The zero-order chi connectivity index (χ0) is 13.8. The summed E-state index contributed by atoms with van der Waals surface area (Å²) >= 11 is 0. The van der Waals surface area contributed by atoms with Crippen molar-refractivity contribution in [2.24, 2.45) is 0 Å². The van der Waals surface area contributed by atoms with Crippen LogP contribution in [-0.4, -0.2) is 19.3 Å². The second-order valence-electron chi connectivity index (χ2n) is 4.98. The molecule has 0 aliphatic rings. The molecule has 1 rings (SSSR count). The van der Waals surface area contributed by atoms with E-state index < -0.39 is 11.6 Å². The van der Waals surface area contributed by atoms with Crippen LogP contribution in [0.5, 0.6) is 0 Å². The van der Waals surface area contributed by atoms with Gasteiger partial charge in [0.25, 0.3) is 0 Å². The molecule has 4 heteroatoms. The summed E-state index contributed by atoms with van der Waals surface area (Å²) < 4.78 is 31.9. The van der Waals surface area contributed by atoms with Crippen LogP contribution in [0.15, 0.2) is 18.2 Å². The summed E-state index contributed by atoms with van der Waals surface area (Å²) in [6.45, 7) is 6.59. The quantitative estimate of drug-likeness (QED) is 0.843. The van der Waals surface area contributed by atoms with Crippen LogP contribution in [0, 0.1) is 11.6 Å². The van der Waals surface area contributed by atoms with E-state index in [2.05, 4.69) is 5.32 Å². The molecule has 18 heavy (non-hydrogen) atoms. The molecule has 0 radical (unpaired) electrons. The smallest absolute Gasteiger partial charge is 0.126 e. The predicted molar refractivity (Wildman–Crippen MR) is 68.5 cm³/mol. The molecule has 0 spiro atoms. The monoisotopic (exact) mass is 257 g/mol. The minimum Gasteiger partial charge on any atom is -0.379 e. The van der Waals surface area contributed by atoms with Gasteiger partial charge in [-0.05, 0) is 44.5 Å². The molecule has 0 bridgehead atoms. The van der Waals surface area contributed by atoms with Crippen LogP contribution in [0.25, 0.3) is 0 Å². The van der Waals surface area contributed by atoms with E-state index in [1.54, 1.807) is 7.11 Å². The Balaban J connectivity index is 2.96. The van der Waals surface area contributed by atoms with Crippen molar-refractivity contribution in [1.82, 2.24) is 5.32 Å². The molecule has 0 aliphatic heterocycles. The first kappa shape index (κ1) is 15.1. The Morgan fingerprint density at radius 2 is 1.78 bits per heavy atom. The Labute approximate surface area is 107 Å². The van der Waals surface area contributed by atoms with Gasteiger partial charge in [-0.3, -0.25) is 0 Å². The van der Waals surface area contributed by atoms with E-state index in [1.165, 1.54) is 12.1 Å². The Kier molecular flexibility index (Phi) is 5.23. The van der Waals surface area contributed by atoms with Crippen molar-refractivity contribution < 1.29 is 13.5 Å². The Morgan fingerprint density at radius 3 is 2.22 bits per heavy atom. The number of hydrogen-bond acceptors (Lipinski definition) is 2. The summed E-state index contributed by atoms with van der Waals surface area (Å²) in [6.07, 6.45) is 0.639. The number of benzene rings is 1. The fraction of sp³-hybridized carbons (Fsp3) is 0.571. The molecule has 0 aliphatic carbocycles. The van der Waals surface area contributed by atoms with Crippen LogP contribution < -0.4 is 5.32 Å². The molecular formula is C14H21F2NO. The Bertz CT molecular complexity index is 373. The molecule has 0 amide bonds. The van der Waals surface area contributed by atoms with E-state index in [4.69, 9.17) is 4.74 Å². The predicted octanol–water partition coefficient (Wildman–Crippen LogP) is 3.43. The lowest BCUT2D eigenvalue weighted by Crippen LogP contribution is -2.32. The van der Waals surface area contributed by atoms with E-state index in [0.29, 0.717) is 12.0 Å². The molecule has 1 unspecified atom stereocenters. The van der Waals surface area contributed by atoms with E-state index in [-0.39, 0.29) is 11.6 Å². The van der Waals surface area contributed by atoms with Crippen molar-refractivity contribution in [2.75, 3.05) is 13.7 Å². The van der Waals surface area contributed by atoms with Gasteiger partial charge < -0.3 is 10.1 Å². The van der Waals surface area contributed by atoms with Crippen LogP contribution in [0.1, 0.15) is 38.8 Å². The minimum absolute atomic E-state index is 0.129.